The number of ether oxygens (including phenoxy) is 2. The SMILES string of the molecule is COC(=O)C(CNCC1(O)CCOC1)NC(C)=O. The van der Waals surface area contributed by atoms with Crippen molar-refractivity contribution in [3.63, 3.8) is 0 Å². The summed E-state index contributed by atoms with van der Waals surface area (Å²) in [6.45, 7) is 2.65. The Hall–Kier alpha value is -1.18. The van der Waals surface area contributed by atoms with Crippen LogP contribution in [0.2, 0.25) is 0 Å². The lowest BCUT2D eigenvalue weighted by atomic mass is 10.0. The Morgan fingerprint density at radius 1 is 1.56 bits per heavy atom. The van der Waals surface area contributed by atoms with Gasteiger partial charge in [-0.1, -0.05) is 0 Å². The van der Waals surface area contributed by atoms with E-state index < -0.39 is 17.6 Å². The molecule has 1 rings (SSSR count). The zero-order valence-electron chi connectivity index (χ0n) is 10.7. The van der Waals surface area contributed by atoms with Crippen LogP contribution in [0.4, 0.5) is 0 Å². The van der Waals surface area contributed by atoms with Gasteiger partial charge in [0, 0.05) is 33.0 Å². The van der Waals surface area contributed by atoms with E-state index in [2.05, 4.69) is 15.4 Å². The minimum absolute atomic E-state index is 0.203. The molecule has 7 heteroatoms. The van der Waals surface area contributed by atoms with Gasteiger partial charge in [-0.25, -0.2) is 4.79 Å². The monoisotopic (exact) mass is 260 g/mol. The van der Waals surface area contributed by atoms with Crippen LogP contribution < -0.4 is 10.6 Å². The summed E-state index contributed by atoms with van der Waals surface area (Å²) in [6.07, 6.45) is 0.559. The number of nitrogens with one attached hydrogen (secondary N) is 2. The van der Waals surface area contributed by atoms with Gasteiger partial charge in [0.25, 0.3) is 0 Å². The van der Waals surface area contributed by atoms with Gasteiger partial charge < -0.3 is 25.2 Å². The molecule has 104 valence electrons. The molecule has 1 aliphatic rings. The van der Waals surface area contributed by atoms with E-state index in [1.54, 1.807) is 0 Å². The molecule has 7 nitrogen and oxygen atoms in total. The normalized spacial score (nSPS) is 24.6. The Kier molecular flexibility index (Phi) is 5.52. The molecule has 1 saturated heterocycles. The summed E-state index contributed by atoms with van der Waals surface area (Å²) >= 11 is 0. The lowest BCUT2D eigenvalue weighted by Gasteiger charge is -2.22. The molecule has 0 aliphatic carbocycles. The Morgan fingerprint density at radius 2 is 2.28 bits per heavy atom. The number of aliphatic hydroxyl groups is 1. The zero-order valence-corrected chi connectivity index (χ0v) is 10.7. The molecule has 0 saturated carbocycles. The van der Waals surface area contributed by atoms with Gasteiger partial charge >= 0.3 is 5.97 Å². The third kappa shape index (κ3) is 4.59. The van der Waals surface area contributed by atoms with Crippen molar-refractivity contribution in [3.05, 3.63) is 0 Å². The average molecular weight is 260 g/mol. The summed E-state index contributed by atoms with van der Waals surface area (Å²) in [5, 5.41) is 15.4. The standard InChI is InChI=1S/C11H20N2O5/c1-8(14)13-9(10(15)17-2)5-12-6-11(16)3-4-18-7-11/h9,12,16H,3-7H2,1-2H3,(H,13,14). The lowest BCUT2D eigenvalue weighted by Crippen LogP contribution is -2.50. The van der Waals surface area contributed by atoms with Gasteiger partial charge in [0.1, 0.15) is 11.6 Å². The molecule has 0 aromatic rings. The Balaban J connectivity index is 2.36. The first kappa shape index (κ1) is 14.9. The van der Waals surface area contributed by atoms with Crippen molar-refractivity contribution >= 4 is 11.9 Å². The van der Waals surface area contributed by atoms with Crippen LogP contribution in [0, 0.1) is 0 Å². The molecular formula is C11H20N2O5. The second-order valence-electron chi connectivity index (χ2n) is 4.43. The molecule has 2 unspecified atom stereocenters. The van der Waals surface area contributed by atoms with Crippen molar-refractivity contribution in [2.24, 2.45) is 0 Å². The van der Waals surface area contributed by atoms with Crippen LogP contribution in [-0.2, 0) is 19.1 Å². The van der Waals surface area contributed by atoms with E-state index in [1.165, 1.54) is 14.0 Å². The first-order valence-corrected chi connectivity index (χ1v) is 5.82. The van der Waals surface area contributed by atoms with Gasteiger partial charge in [-0.15, -0.1) is 0 Å². The first-order valence-electron chi connectivity index (χ1n) is 5.82. The molecule has 0 aromatic carbocycles. The van der Waals surface area contributed by atoms with E-state index in [0.29, 0.717) is 19.6 Å². The highest BCUT2D eigenvalue weighted by Gasteiger charge is 2.32. The fraction of sp³-hybridized carbons (Fsp3) is 0.818. The number of carbonyl (C=O) groups is 2. The van der Waals surface area contributed by atoms with Crippen LogP contribution in [0.15, 0.2) is 0 Å². The largest absolute Gasteiger partial charge is 0.467 e. The molecule has 18 heavy (non-hydrogen) atoms. The number of carbonyl (C=O) groups excluding carboxylic acids is 2. The van der Waals surface area contributed by atoms with Crippen LogP contribution in [-0.4, -0.2) is 62.0 Å². The third-order valence-corrected chi connectivity index (χ3v) is 2.75. The Bertz CT molecular complexity index is 302. The highest BCUT2D eigenvalue weighted by atomic mass is 16.5. The molecule has 2 atom stereocenters. The summed E-state index contributed by atoms with van der Waals surface area (Å²) in [7, 11) is 1.26. The molecule has 1 amide bonds. The van der Waals surface area contributed by atoms with E-state index in [-0.39, 0.29) is 19.1 Å². The van der Waals surface area contributed by atoms with E-state index in [9.17, 15) is 14.7 Å². The van der Waals surface area contributed by atoms with Crippen molar-refractivity contribution < 1.29 is 24.2 Å². The van der Waals surface area contributed by atoms with Gasteiger partial charge in [-0.05, 0) is 0 Å². The second-order valence-corrected chi connectivity index (χ2v) is 4.43. The number of hydrogen-bond donors (Lipinski definition) is 3. The number of hydrogen-bond acceptors (Lipinski definition) is 6. The molecule has 1 fully saturated rings. The highest BCUT2D eigenvalue weighted by Crippen LogP contribution is 2.16. The summed E-state index contributed by atoms with van der Waals surface area (Å²) in [5.74, 6) is -0.831. The third-order valence-electron chi connectivity index (χ3n) is 2.75. The van der Waals surface area contributed by atoms with Gasteiger partial charge in [0.2, 0.25) is 5.91 Å². The lowest BCUT2D eigenvalue weighted by molar-refractivity contribution is -0.144. The van der Waals surface area contributed by atoms with Crippen molar-refractivity contribution in [2.45, 2.75) is 25.0 Å². The predicted molar refractivity (Wildman–Crippen MR) is 62.9 cm³/mol. The van der Waals surface area contributed by atoms with Gasteiger partial charge in [-0.2, -0.15) is 0 Å². The molecule has 0 bridgehead atoms. The van der Waals surface area contributed by atoms with Crippen molar-refractivity contribution in [1.29, 1.82) is 0 Å². The molecule has 1 heterocycles. The van der Waals surface area contributed by atoms with Crippen molar-refractivity contribution in [1.82, 2.24) is 10.6 Å². The minimum atomic E-state index is -0.892. The molecule has 0 spiro atoms. The van der Waals surface area contributed by atoms with Crippen LogP contribution in [0.25, 0.3) is 0 Å². The summed E-state index contributed by atoms with van der Waals surface area (Å²) in [6, 6.07) is -0.751. The van der Waals surface area contributed by atoms with Crippen LogP contribution in [0.1, 0.15) is 13.3 Å². The maximum atomic E-state index is 11.4. The Morgan fingerprint density at radius 3 is 2.78 bits per heavy atom. The topological polar surface area (TPSA) is 96.9 Å². The quantitative estimate of drug-likeness (QED) is 0.498. The molecule has 1 aliphatic heterocycles. The molecular weight excluding hydrogens is 240 g/mol. The number of amides is 1. The zero-order chi connectivity index (χ0) is 13.6. The molecule has 0 aromatic heterocycles. The fourth-order valence-corrected chi connectivity index (χ4v) is 1.77. The average Bonchev–Trinajstić information content (AvgIpc) is 2.73. The molecule has 3 N–H and O–H groups in total. The highest BCUT2D eigenvalue weighted by molar-refractivity contribution is 5.83. The van der Waals surface area contributed by atoms with E-state index in [1.807, 2.05) is 0 Å². The maximum Gasteiger partial charge on any atom is 0.329 e. The fourth-order valence-electron chi connectivity index (χ4n) is 1.77. The first-order chi connectivity index (χ1) is 8.47. The van der Waals surface area contributed by atoms with Crippen LogP contribution in [0.5, 0.6) is 0 Å². The van der Waals surface area contributed by atoms with Crippen LogP contribution >= 0.6 is 0 Å². The summed E-state index contributed by atoms with van der Waals surface area (Å²) in [4.78, 5) is 22.3. The van der Waals surface area contributed by atoms with E-state index >= 15 is 0 Å². The van der Waals surface area contributed by atoms with E-state index in [0.717, 1.165) is 0 Å². The predicted octanol–water partition coefficient (Wildman–Crippen LogP) is -1.59. The maximum absolute atomic E-state index is 11.4. The summed E-state index contributed by atoms with van der Waals surface area (Å²) < 4.78 is 9.68. The van der Waals surface area contributed by atoms with Crippen molar-refractivity contribution in [3.8, 4) is 0 Å². The molecule has 0 radical (unpaired) electrons. The number of methoxy groups -OCH3 is 1. The van der Waals surface area contributed by atoms with Gasteiger partial charge in [0.15, 0.2) is 0 Å². The smallest absolute Gasteiger partial charge is 0.329 e. The number of esters is 1. The van der Waals surface area contributed by atoms with Crippen LogP contribution in [0.3, 0.4) is 0 Å². The number of rotatable bonds is 6. The van der Waals surface area contributed by atoms with Gasteiger partial charge in [0.05, 0.1) is 13.7 Å². The van der Waals surface area contributed by atoms with Crippen molar-refractivity contribution in [2.75, 3.05) is 33.4 Å². The summed E-state index contributed by atoms with van der Waals surface area (Å²) in [5.41, 5.74) is -0.892. The Labute approximate surface area is 106 Å². The minimum Gasteiger partial charge on any atom is -0.467 e. The van der Waals surface area contributed by atoms with E-state index in [4.69, 9.17) is 4.74 Å². The van der Waals surface area contributed by atoms with Gasteiger partial charge in [-0.3, -0.25) is 4.79 Å². The second kappa shape index (κ2) is 6.67.